The molecular weight excluding hydrogens is 336 g/mol. The van der Waals surface area contributed by atoms with Gasteiger partial charge in [0.2, 0.25) is 0 Å². The number of nitrogens with zero attached hydrogens (tertiary/aromatic N) is 1. The lowest BCUT2D eigenvalue weighted by Crippen LogP contribution is -2.44. The second kappa shape index (κ2) is 6.21. The minimum atomic E-state index is -0.591. The van der Waals surface area contributed by atoms with Crippen molar-refractivity contribution in [2.45, 2.75) is 25.0 Å². The molecule has 0 radical (unpaired) electrons. The molecule has 0 unspecified atom stereocenters. The summed E-state index contributed by atoms with van der Waals surface area (Å²) in [4.78, 5) is 2.51. The number of fused-ring (bicyclic) bond motifs is 3. The summed E-state index contributed by atoms with van der Waals surface area (Å²) in [5.74, 6) is -0.726. The fraction of sp³-hybridized carbons (Fsp3) is 0.400. The predicted molar refractivity (Wildman–Crippen MR) is 97.1 cm³/mol. The molecule has 0 saturated carbocycles. The van der Waals surface area contributed by atoms with E-state index in [9.17, 15) is 8.78 Å². The topological polar surface area (TPSA) is 36.5 Å². The van der Waals surface area contributed by atoms with Gasteiger partial charge in [0.1, 0.15) is 11.6 Å². The van der Waals surface area contributed by atoms with Crippen molar-refractivity contribution in [3.8, 4) is 0 Å². The number of halogens is 2. The zero-order chi connectivity index (χ0) is 17.7. The number of benzene rings is 2. The van der Waals surface area contributed by atoms with Gasteiger partial charge < -0.3 is 20.3 Å². The van der Waals surface area contributed by atoms with Crippen molar-refractivity contribution < 1.29 is 13.5 Å². The van der Waals surface area contributed by atoms with Crippen molar-refractivity contribution in [3.63, 3.8) is 0 Å². The summed E-state index contributed by atoms with van der Waals surface area (Å²) in [6, 6.07) is 8.26. The summed E-state index contributed by atoms with van der Waals surface area (Å²) in [6.45, 7) is 4.20. The van der Waals surface area contributed by atoms with Crippen LogP contribution in [0.5, 0.6) is 0 Å². The highest BCUT2D eigenvalue weighted by Gasteiger charge is 2.41. The van der Waals surface area contributed by atoms with E-state index in [0.717, 1.165) is 50.0 Å². The molecule has 1 saturated heterocycles. The summed E-state index contributed by atoms with van der Waals surface area (Å²) in [5, 5.41) is 6.62. The SMILES string of the molecule is Fc1ccc(Nc2cc3c4c(c2)[C@@H]2CNCC[C@@H]2N4CCOC3)c(F)c1. The van der Waals surface area contributed by atoms with Crippen LogP contribution in [0.2, 0.25) is 0 Å². The van der Waals surface area contributed by atoms with Gasteiger partial charge in [0.25, 0.3) is 0 Å². The van der Waals surface area contributed by atoms with Gasteiger partial charge in [-0.25, -0.2) is 8.78 Å². The zero-order valence-corrected chi connectivity index (χ0v) is 14.4. The Kier molecular flexibility index (Phi) is 3.83. The van der Waals surface area contributed by atoms with E-state index in [4.69, 9.17) is 4.74 Å². The van der Waals surface area contributed by atoms with Crippen molar-refractivity contribution in [2.24, 2.45) is 0 Å². The Morgan fingerprint density at radius 3 is 3.00 bits per heavy atom. The fourth-order valence-electron chi connectivity index (χ4n) is 4.60. The van der Waals surface area contributed by atoms with Crippen molar-refractivity contribution >= 4 is 17.1 Å². The molecule has 2 atom stereocenters. The van der Waals surface area contributed by atoms with E-state index in [1.54, 1.807) is 0 Å². The van der Waals surface area contributed by atoms with Crippen LogP contribution in [0.25, 0.3) is 0 Å². The molecule has 5 rings (SSSR count). The van der Waals surface area contributed by atoms with E-state index in [1.807, 2.05) is 6.07 Å². The van der Waals surface area contributed by atoms with E-state index in [-0.39, 0.29) is 5.69 Å². The van der Waals surface area contributed by atoms with Crippen molar-refractivity contribution in [1.82, 2.24) is 5.32 Å². The Balaban J connectivity index is 1.57. The Labute approximate surface area is 151 Å². The molecule has 1 fully saturated rings. The van der Waals surface area contributed by atoms with Crippen LogP contribution in [0.1, 0.15) is 23.5 Å². The number of rotatable bonds is 2. The number of nitrogens with one attached hydrogen (secondary N) is 2. The Morgan fingerprint density at radius 2 is 2.12 bits per heavy atom. The monoisotopic (exact) mass is 357 g/mol. The number of anilines is 3. The van der Waals surface area contributed by atoms with Gasteiger partial charge in [-0.15, -0.1) is 0 Å². The van der Waals surface area contributed by atoms with Gasteiger partial charge in [0.05, 0.1) is 18.9 Å². The first-order chi connectivity index (χ1) is 12.7. The third-order valence-corrected chi connectivity index (χ3v) is 5.70. The molecule has 3 heterocycles. The van der Waals surface area contributed by atoms with Crippen LogP contribution < -0.4 is 15.5 Å². The lowest BCUT2D eigenvalue weighted by Gasteiger charge is -2.33. The summed E-state index contributed by atoms with van der Waals surface area (Å²) >= 11 is 0. The van der Waals surface area contributed by atoms with Crippen LogP contribution >= 0.6 is 0 Å². The highest BCUT2D eigenvalue weighted by Crippen LogP contribution is 2.47. The molecule has 0 amide bonds. The van der Waals surface area contributed by atoms with Crippen molar-refractivity contribution in [3.05, 3.63) is 53.1 Å². The molecular formula is C20H21F2N3O. The molecule has 3 aliphatic rings. The zero-order valence-electron chi connectivity index (χ0n) is 14.4. The summed E-state index contributed by atoms with van der Waals surface area (Å²) in [7, 11) is 0. The maximum absolute atomic E-state index is 14.1. The minimum absolute atomic E-state index is 0.279. The lowest BCUT2D eigenvalue weighted by atomic mass is 9.89. The van der Waals surface area contributed by atoms with Gasteiger partial charge in [0, 0.05) is 48.1 Å². The highest BCUT2D eigenvalue weighted by atomic mass is 19.1. The third-order valence-electron chi connectivity index (χ3n) is 5.70. The Hall–Kier alpha value is -2.18. The smallest absolute Gasteiger partial charge is 0.149 e. The van der Waals surface area contributed by atoms with Crippen LogP contribution in [-0.2, 0) is 11.3 Å². The van der Waals surface area contributed by atoms with Crippen LogP contribution in [-0.4, -0.2) is 32.3 Å². The highest BCUT2D eigenvalue weighted by molar-refractivity contribution is 5.74. The molecule has 3 aliphatic heterocycles. The Bertz CT molecular complexity index is 857. The van der Waals surface area contributed by atoms with E-state index in [2.05, 4.69) is 21.6 Å². The average Bonchev–Trinajstić information content (AvgIpc) is 2.80. The molecule has 2 N–H and O–H groups in total. The van der Waals surface area contributed by atoms with Gasteiger partial charge in [0.15, 0.2) is 0 Å². The molecule has 0 aliphatic carbocycles. The van der Waals surface area contributed by atoms with Crippen LogP contribution in [0, 0.1) is 11.6 Å². The predicted octanol–water partition coefficient (Wildman–Crippen LogP) is 3.50. The summed E-state index contributed by atoms with van der Waals surface area (Å²) in [5.41, 5.74) is 4.84. The standard InChI is InChI=1S/C20H21F2N3O/c21-13-1-2-18(17(22)8-13)24-14-7-12-11-26-6-5-25-19-3-4-23-10-16(19)15(9-14)20(12)25/h1-2,7-9,16,19,23-24H,3-6,10-11H2/t16-,19-/m0/s1. The maximum Gasteiger partial charge on any atom is 0.149 e. The Morgan fingerprint density at radius 1 is 1.19 bits per heavy atom. The maximum atomic E-state index is 14.1. The molecule has 0 aromatic heterocycles. The van der Waals surface area contributed by atoms with Gasteiger partial charge in [-0.05, 0) is 42.8 Å². The molecule has 26 heavy (non-hydrogen) atoms. The first-order valence-electron chi connectivity index (χ1n) is 9.15. The van der Waals surface area contributed by atoms with Gasteiger partial charge >= 0.3 is 0 Å². The number of ether oxygens (including phenoxy) is 1. The van der Waals surface area contributed by atoms with E-state index in [0.29, 0.717) is 18.6 Å². The molecule has 0 bridgehead atoms. The molecule has 6 heteroatoms. The van der Waals surface area contributed by atoms with E-state index in [1.165, 1.54) is 23.4 Å². The van der Waals surface area contributed by atoms with Crippen molar-refractivity contribution in [1.29, 1.82) is 0 Å². The first-order valence-corrected chi connectivity index (χ1v) is 9.15. The fourth-order valence-corrected chi connectivity index (χ4v) is 4.60. The van der Waals surface area contributed by atoms with Crippen molar-refractivity contribution in [2.75, 3.05) is 36.5 Å². The average molecular weight is 357 g/mol. The molecule has 0 spiro atoms. The number of hydrogen-bond donors (Lipinski definition) is 2. The van der Waals surface area contributed by atoms with E-state index < -0.39 is 11.6 Å². The van der Waals surface area contributed by atoms with Gasteiger partial charge in [-0.1, -0.05) is 0 Å². The van der Waals surface area contributed by atoms with E-state index >= 15 is 0 Å². The molecule has 4 nitrogen and oxygen atoms in total. The molecule has 136 valence electrons. The van der Waals surface area contributed by atoms with Crippen LogP contribution in [0.15, 0.2) is 30.3 Å². The second-order valence-electron chi connectivity index (χ2n) is 7.23. The molecule has 2 aromatic carbocycles. The number of hydrogen-bond acceptors (Lipinski definition) is 4. The van der Waals surface area contributed by atoms with Crippen LogP contribution in [0.4, 0.5) is 25.8 Å². The second-order valence-corrected chi connectivity index (χ2v) is 7.23. The quantitative estimate of drug-likeness (QED) is 0.863. The van der Waals surface area contributed by atoms with Crippen LogP contribution in [0.3, 0.4) is 0 Å². The number of piperidine rings is 1. The normalized spacial score (nSPS) is 24.0. The molecule has 2 aromatic rings. The first kappa shape index (κ1) is 16.0. The van der Waals surface area contributed by atoms with Gasteiger partial charge in [-0.3, -0.25) is 0 Å². The lowest BCUT2D eigenvalue weighted by molar-refractivity contribution is 0.130. The largest absolute Gasteiger partial charge is 0.375 e. The minimum Gasteiger partial charge on any atom is -0.375 e. The summed E-state index contributed by atoms with van der Waals surface area (Å²) in [6.07, 6.45) is 1.12. The third kappa shape index (κ3) is 2.56. The summed E-state index contributed by atoms with van der Waals surface area (Å²) < 4.78 is 33.0. The van der Waals surface area contributed by atoms with Gasteiger partial charge in [-0.2, -0.15) is 0 Å².